The smallest absolute Gasteiger partial charge is 0.416 e. The molecule has 17 heavy (non-hydrogen) atoms. The zero-order valence-electron chi connectivity index (χ0n) is 9.08. The molecule has 0 amide bonds. The molecule has 1 aromatic rings. The zero-order valence-corrected chi connectivity index (χ0v) is 9.08. The van der Waals surface area contributed by atoms with Gasteiger partial charge >= 0.3 is 12.1 Å². The summed E-state index contributed by atoms with van der Waals surface area (Å²) in [4.78, 5) is 10.7. The summed E-state index contributed by atoms with van der Waals surface area (Å²) >= 11 is 0. The van der Waals surface area contributed by atoms with Crippen molar-refractivity contribution in [1.29, 1.82) is 0 Å². The van der Waals surface area contributed by atoms with E-state index >= 15 is 0 Å². The van der Waals surface area contributed by atoms with Crippen molar-refractivity contribution < 1.29 is 23.1 Å². The zero-order chi connectivity index (χ0) is 13.1. The van der Waals surface area contributed by atoms with Gasteiger partial charge in [0, 0.05) is 5.69 Å². The lowest BCUT2D eigenvalue weighted by Crippen LogP contribution is -2.28. The summed E-state index contributed by atoms with van der Waals surface area (Å²) in [6, 6.07) is 3.58. The molecule has 0 heterocycles. The van der Waals surface area contributed by atoms with E-state index in [1.165, 1.54) is 12.1 Å². The summed E-state index contributed by atoms with van der Waals surface area (Å²) in [7, 11) is 0. The highest BCUT2D eigenvalue weighted by Crippen LogP contribution is 2.30. The van der Waals surface area contributed by atoms with Gasteiger partial charge in [-0.2, -0.15) is 13.2 Å². The van der Waals surface area contributed by atoms with E-state index < -0.39 is 23.8 Å². The minimum atomic E-state index is -4.43. The summed E-state index contributed by atoms with van der Waals surface area (Å²) in [5, 5.41) is 11.3. The summed E-state index contributed by atoms with van der Waals surface area (Å²) in [5.74, 6) is -1.09. The number of aliphatic carboxylic acids is 1. The number of halogens is 3. The topological polar surface area (TPSA) is 49.3 Å². The molecule has 0 radical (unpaired) electrons. The molecule has 0 saturated carbocycles. The number of anilines is 1. The minimum absolute atomic E-state index is 0.147. The van der Waals surface area contributed by atoms with E-state index in [4.69, 9.17) is 5.11 Å². The van der Waals surface area contributed by atoms with Gasteiger partial charge in [-0.1, -0.05) is 13.0 Å². The average Bonchev–Trinajstić information content (AvgIpc) is 2.24. The van der Waals surface area contributed by atoms with Crippen LogP contribution in [0.4, 0.5) is 18.9 Å². The molecule has 0 aliphatic heterocycles. The van der Waals surface area contributed by atoms with Gasteiger partial charge in [-0.15, -0.1) is 0 Å². The Morgan fingerprint density at radius 2 is 2.12 bits per heavy atom. The van der Waals surface area contributed by atoms with Crippen LogP contribution in [0.5, 0.6) is 0 Å². The van der Waals surface area contributed by atoms with Gasteiger partial charge in [0.15, 0.2) is 0 Å². The lowest BCUT2D eigenvalue weighted by atomic mass is 10.1. The molecule has 0 aromatic heterocycles. The highest BCUT2D eigenvalue weighted by Gasteiger charge is 2.30. The van der Waals surface area contributed by atoms with Crippen molar-refractivity contribution >= 4 is 11.7 Å². The summed E-state index contributed by atoms with van der Waals surface area (Å²) in [6.07, 6.45) is -4.14. The number of hydrogen-bond donors (Lipinski definition) is 2. The number of nitrogens with one attached hydrogen (secondary N) is 1. The molecule has 0 fully saturated rings. The van der Waals surface area contributed by atoms with Crippen LogP contribution in [0.3, 0.4) is 0 Å². The van der Waals surface area contributed by atoms with Crippen LogP contribution in [0.2, 0.25) is 0 Å². The maximum Gasteiger partial charge on any atom is 0.416 e. The van der Waals surface area contributed by atoms with Crippen LogP contribution in [-0.2, 0) is 11.0 Å². The largest absolute Gasteiger partial charge is 0.480 e. The average molecular weight is 247 g/mol. The maximum absolute atomic E-state index is 12.4. The van der Waals surface area contributed by atoms with E-state index in [0.29, 0.717) is 0 Å². The molecular formula is C11H12F3NO2. The number of rotatable bonds is 4. The summed E-state index contributed by atoms with van der Waals surface area (Å²) in [6.45, 7) is 1.64. The Morgan fingerprint density at radius 3 is 2.59 bits per heavy atom. The van der Waals surface area contributed by atoms with Crippen molar-refractivity contribution in [1.82, 2.24) is 0 Å². The lowest BCUT2D eigenvalue weighted by molar-refractivity contribution is -0.138. The first-order valence-corrected chi connectivity index (χ1v) is 5.01. The first-order chi connectivity index (χ1) is 7.84. The van der Waals surface area contributed by atoms with Crippen LogP contribution in [0, 0.1) is 0 Å². The molecule has 6 heteroatoms. The van der Waals surface area contributed by atoms with Crippen molar-refractivity contribution in [2.24, 2.45) is 0 Å². The fourth-order valence-electron chi connectivity index (χ4n) is 1.32. The van der Waals surface area contributed by atoms with Gasteiger partial charge in [0.1, 0.15) is 6.04 Å². The second-order valence-corrected chi connectivity index (χ2v) is 3.52. The molecule has 0 spiro atoms. The first kappa shape index (κ1) is 13.3. The molecule has 3 nitrogen and oxygen atoms in total. The fourth-order valence-corrected chi connectivity index (χ4v) is 1.32. The van der Waals surface area contributed by atoms with Crippen LogP contribution in [0.1, 0.15) is 18.9 Å². The third-order valence-electron chi connectivity index (χ3n) is 2.24. The molecule has 1 aromatic carbocycles. The Kier molecular flexibility index (Phi) is 3.98. The van der Waals surface area contributed by atoms with Gasteiger partial charge in [0.05, 0.1) is 5.56 Å². The Labute approximate surface area is 96.3 Å². The number of carboxylic acid groups (broad SMARTS) is 1. The van der Waals surface area contributed by atoms with E-state index in [2.05, 4.69) is 5.32 Å². The van der Waals surface area contributed by atoms with Crippen LogP contribution in [0.25, 0.3) is 0 Å². The van der Waals surface area contributed by atoms with Crippen molar-refractivity contribution in [2.75, 3.05) is 5.32 Å². The minimum Gasteiger partial charge on any atom is -0.480 e. The standard InChI is InChI=1S/C11H12F3NO2/c1-2-9(10(16)17)15-8-5-3-4-7(6-8)11(12,13)14/h3-6,9,15H,2H2,1H3,(H,16,17)/t9-/m0/s1. The predicted molar refractivity (Wildman–Crippen MR) is 56.8 cm³/mol. The van der Waals surface area contributed by atoms with Gasteiger partial charge in [-0.25, -0.2) is 4.79 Å². The predicted octanol–water partition coefficient (Wildman–Crippen LogP) is 2.98. The summed E-state index contributed by atoms with van der Waals surface area (Å²) < 4.78 is 37.2. The third kappa shape index (κ3) is 3.65. The monoisotopic (exact) mass is 247 g/mol. The third-order valence-corrected chi connectivity index (χ3v) is 2.24. The quantitative estimate of drug-likeness (QED) is 0.859. The summed E-state index contributed by atoms with van der Waals surface area (Å²) in [5.41, 5.74) is -0.656. The van der Waals surface area contributed by atoms with Gasteiger partial charge in [-0.05, 0) is 24.6 Å². The second kappa shape index (κ2) is 5.07. The van der Waals surface area contributed by atoms with E-state index in [-0.39, 0.29) is 12.1 Å². The van der Waals surface area contributed by atoms with Crippen LogP contribution < -0.4 is 5.32 Å². The lowest BCUT2D eigenvalue weighted by Gasteiger charge is -2.15. The van der Waals surface area contributed by atoms with Crippen molar-refractivity contribution in [3.05, 3.63) is 29.8 Å². The highest BCUT2D eigenvalue weighted by molar-refractivity contribution is 5.77. The fraction of sp³-hybridized carbons (Fsp3) is 0.364. The van der Waals surface area contributed by atoms with E-state index in [1.54, 1.807) is 6.92 Å². The normalized spacial score (nSPS) is 13.2. The van der Waals surface area contributed by atoms with E-state index in [1.807, 2.05) is 0 Å². The molecular weight excluding hydrogens is 235 g/mol. The molecule has 1 atom stereocenters. The van der Waals surface area contributed by atoms with Crippen molar-refractivity contribution in [3.8, 4) is 0 Å². The van der Waals surface area contributed by atoms with Crippen molar-refractivity contribution in [3.63, 3.8) is 0 Å². The molecule has 0 bridgehead atoms. The van der Waals surface area contributed by atoms with Crippen molar-refractivity contribution in [2.45, 2.75) is 25.6 Å². The molecule has 0 unspecified atom stereocenters. The second-order valence-electron chi connectivity index (χ2n) is 3.52. The molecule has 2 N–H and O–H groups in total. The van der Waals surface area contributed by atoms with Gasteiger partial charge < -0.3 is 10.4 Å². The number of alkyl halides is 3. The molecule has 94 valence electrons. The molecule has 0 aliphatic carbocycles. The van der Waals surface area contributed by atoms with E-state index in [9.17, 15) is 18.0 Å². The molecule has 0 aliphatic rings. The number of hydrogen-bond acceptors (Lipinski definition) is 2. The Morgan fingerprint density at radius 1 is 1.47 bits per heavy atom. The van der Waals surface area contributed by atoms with Gasteiger partial charge in [0.25, 0.3) is 0 Å². The Hall–Kier alpha value is -1.72. The van der Waals surface area contributed by atoms with Crippen LogP contribution in [0.15, 0.2) is 24.3 Å². The SMILES string of the molecule is CC[C@H](Nc1cccc(C(F)(F)F)c1)C(=O)O. The first-order valence-electron chi connectivity index (χ1n) is 5.01. The van der Waals surface area contributed by atoms with E-state index in [0.717, 1.165) is 12.1 Å². The van der Waals surface area contributed by atoms with Crippen LogP contribution >= 0.6 is 0 Å². The Balaban J connectivity index is 2.89. The van der Waals surface area contributed by atoms with Gasteiger partial charge in [-0.3, -0.25) is 0 Å². The number of carbonyl (C=O) groups is 1. The molecule has 1 rings (SSSR count). The number of benzene rings is 1. The Bertz CT molecular complexity index is 404. The number of carboxylic acids is 1. The highest BCUT2D eigenvalue weighted by atomic mass is 19.4. The van der Waals surface area contributed by atoms with Crippen LogP contribution in [-0.4, -0.2) is 17.1 Å². The molecule has 0 saturated heterocycles. The van der Waals surface area contributed by atoms with Gasteiger partial charge in [0.2, 0.25) is 0 Å². The maximum atomic E-state index is 12.4.